The first-order valence-electron chi connectivity index (χ1n) is 8.87. The van der Waals surface area contributed by atoms with Crippen LogP contribution in [0.1, 0.15) is 24.3 Å². The number of carbonyl (C=O) groups is 1. The number of benzene rings is 1. The molecule has 2 atom stereocenters. The van der Waals surface area contributed by atoms with Crippen LogP contribution < -0.4 is 9.47 Å². The summed E-state index contributed by atoms with van der Waals surface area (Å²) in [4.78, 5) is 14.1. The monoisotopic (exact) mass is 349 g/mol. The molecule has 2 fully saturated rings. The van der Waals surface area contributed by atoms with Crippen LogP contribution in [0.2, 0.25) is 0 Å². The molecule has 1 aromatic carbocycles. The first-order valence-corrected chi connectivity index (χ1v) is 8.87. The van der Waals surface area contributed by atoms with Gasteiger partial charge in [-0.1, -0.05) is 12.1 Å². The molecule has 2 aliphatic rings. The second-order valence-corrected chi connectivity index (χ2v) is 6.91. The third kappa shape index (κ3) is 3.90. The van der Waals surface area contributed by atoms with Crippen LogP contribution in [0.25, 0.3) is 0 Å². The summed E-state index contributed by atoms with van der Waals surface area (Å²) in [5, 5.41) is 9.74. The lowest BCUT2D eigenvalue weighted by molar-refractivity contribution is -0.141. The number of carboxylic acids is 1. The summed E-state index contributed by atoms with van der Waals surface area (Å²) in [6, 6.07) is 5.70. The van der Waals surface area contributed by atoms with Crippen molar-refractivity contribution in [2.45, 2.75) is 18.8 Å². The second kappa shape index (κ2) is 8.06. The van der Waals surface area contributed by atoms with Crippen molar-refractivity contribution >= 4 is 5.97 Å². The van der Waals surface area contributed by atoms with Crippen molar-refractivity contribution in [2.24, 2.45) is 11.8 Å². The van der Waals surface area contributed by atoms with Gasteiger partial charge in [0.1, 0.15) is 0 Å². The summed E-state index contributed by atoms with van der Waals surface area (Å²) in [6.45, 7) is 3.88. The van der Waals surface area contributed by atoms with Crippen molar-refractivity contribution < 1.29 is 24.1 Å². The van der Waals surface area contributed by atoms with E-state index < -0.39 is 11.9 Å². The summed E-state index contributed by atoms with van der Waals surface area (Å²) >= 11 is 0. The molecule has 0 amide bonds. The van der Waals surface area contributed by atoms with Crippen LogP contribution in [0.5, 0.6) is 11.5 Å². The van der Waals surface area contributed by atoms with E-state index in [2.05, 4.69) is 4.90 Å². The molecule has 3 rings (SSSR count). The topological polar surface area (TPSA) is 68.2 Å². The van der Waals surface area contributed by atoms with Crippen molar-refractivity contribution in [3.63, 3.8) is 0 Å². The second-order valence-electron chi connectivity index (χ2n) is 6.91. The van der Waals surface area contributed by atoms with Gasteiger partial charge in [0.2, 0.25) is 0 Å². The van der Waals surface area contributed by atoms with E-state index >= 15 is 0 Å². The van der Waals surface area contributed by atoms with E-state index in [9.17, 15) is 9.90 Å². The zero-order valence-electron chi connectivity index (χ0n) is 14.9. The molecule has 1 N–H and O–H groups in total. The van der Waals surface area contributed by atoms with Gasteiger partial charge in [-0.2, -0.15) is 0 Å². The van der Waals surface area contributed by atoms with Crippen molar-refractivity contribution in [1.82, 2.24) is 4.90 Å². The summed E-state index contributed by atoms with van der Waals surface area (Å²) in [7, 11) is 3.20. The van der Waals surface area contributed by atoms with Crippen LogP contribution in [0.15, 0.2) is 18.2 Å². The molecule has 6 nitrogen and oxygen atoms in total. The molecule has 0 saturated carbocycles. The predicted octanol–water partition coefficient (Wildman–Crippen LogP) is 2.23. The van der Waals surface area contributed by atoms with Crippen molar-refractivity contribution in [2.75, 3.05) is 47.1 Å². The van der Waals surface area contributed by atoms with Crippen LogP contribution in [-0.4, -0.2) is 63.0 Å². The fourth-order valence-corrected chi connectivity index (χ4v) is 4.10. The SMILES string of the molecule is COc1cccc([C@@H]2CN(CC3CCOCC3)C[C@H]2C(=O)O)c1OC. The van der Waals surface area contributed by atoms with Crippen LogP contribution in [0.4, 0.5) is 0 Å². The molecular formula is C19H27NO5. The number of hydrogen-bond donors (Lipinski definition) is 1. The van der Waals surface area contributed by atoms with Gasteiger partial charge in [-0.3, -0.25) is 4.79 Å². The summed E-state index contributed by atoms with van der Waals surface area (Å²) < 4.78 is 16.3. The molecule has 1 aromatic rings. The average Bonchev–Trinajstić information content (AvgIpc) is 3.05. The molecule has 2 heterocycles. The van der Waals surface area contributed by atoms with E-state index in [1.807, 2.05) is 18.2 Å². The molecule has 6 heteroatoms. The highest BCUT2D eigenvalue weighted by Gasteiger charge is 2.40. The summed E-state index contributed by atoms with van der Waals surface area (Å²) in [5.74, 6) is 0.614. The van der Waals surface area contributed by atoms with Crippen LogP contribution in [-0.2, 0) is 9.53 Å². The van der Waals surface area contributed by atoms with E-state index in [0.29, 0.717) is 24.0 Å². The third-order valence-electron chi connectivity index (χ3n) is 5.40. The fourth-order valence-electron chi connectivity index (χ4n) is 4.10. The smallest absolute Gasteiger partial charge is 0.308 e. The first-order chi connectivity index (χ1) is 12.1. The Morgan fingerprint density at radius 3 is 2.64 bits per heavy atom. The van der Waals surface area contributed by atoms with Gasteiger partial charge in [0.05, 0.1) is 20.1 Å². The van der Waals surface area contributed by atoms with Gasteiger partial charge >= 0.3 is 5.97 Å². The Bertz CT molecular complexity index is 599. The normalized spacial score (nSPS) is 25.0. The van der Waals surface area contributed by atoms with Gasteiger partial charge in [0, 0.05) is 44.3 Å². The molecule has 2 saturated heterocycles. The van der Waals surface area contributed by atoms with Gasteiger partial charge in [-0.05, 0) is 24.8 Å². The van der Waals surface area contributed by atoms with E-state index in [0.717, 1.165) is 44.7 Å². The molecule has 0 aromatic heterocycles. The molecular weight excluding hydrogens is 322 g/mol. The molecule has 2 aliphatic heterocycles. The Hall–Kier alpha value is -1.79. The number of methoxy groups -OCH3 is 2. The molecule has 0 spiro atoms. The average molecular weight is 349 g/mol. The summed E-state index contributed by atoms with van der Waals surface area (Å²) in [5.41, 5.74) is 0.920. The molecule has 0 unspecified atom stereocenters. The number of hydrogen-bond acceptors (Lipinski definition) is 5. The molecule has 0 radical (unpaired) electrons. The van der Waals surface area contributed by atoms with E-state index in [1.165, 1.54) is 0 Å². The minimum absolute atomic E-state index is 0.0950. The van der Waals surface area contributed by atoms with E-state index in [1.54, 1.807) is 14.2 Å². The number of nitrogens with zero attached hydrogens (tertiary/aromatic N) is 1. The van der Waals surface area contributed by atoms with Gasteiger partial charge in [0.15, 0.2) is 11.5 Å². The molecule has 0 bridgehead atoms. The van der Waals surface area contributed by atoms with Crippen molar-refractivity contribution in [3.05, 3.63) is 23.8 Å². The van der Waals surface area contributed by atoms with Crippen molar-refractivity contribution in [1.29, 1.82) is 0 Å². The van der Waals surface area contributed by atoms with E-state index in [-0.39, 0.29) is 5.92 Å². The number of rotatable bonds is 6. The maximum Gasteiger partial charge on any atom is 0.308 e. The highest BCUT2D eigenvalue weighted by atomic mass is 16.5. The first kappa shape index (κ1) is 18.0. The van der Waals surface area contributed by atoms with E-state index in [4.69, 9.17) is 14.2 Å². The zero-order chi connectivity index (χ0) is 17.8. The minimum atomic E-state index is -0.746. The highest BCUT2D eigenvalue weighted by molar-refractivity contribution is 5.73. The number of carboxylic acid groups (broad SMARTS) is 1. The lowest BCUT2D eigenvalue weighted by atomic mass is 9.88. The molecule has 0 aliphatic carbocycles. The number of aliphatic carboxylic acids is 1. The minimum Gasteiger partial charge on any atom is -0.493 e. The summed E-state index contributed by atoms with van der Waals surface area (Å²) in [6.07, 6.45) is 2.11. The van der Waals surface area contributed by atoms with Gasteiger partial charge in [-0.15, -0.1) is 0 Å². The van der Waals surface area contributed by atoms with Crippen molar-refractivity contribution in [3.8, 4) is 11.5 Å². The largest absolute Gasteiger partial charge is 0.493 e. The highest BCUT2D eigenvalue weighted by Crippen LogP contribution is 2.42. The van der Waals surface area contributed by atoms with Crippen LogP contribution in [0, 0.1) is 11.8 Å². The number of likely N-dealkylation sites (tertiary alicyclic amines) is 1. The lowest BCUT2D eigenvalue weighted by Crippen LogP contribution is -2.31. The maximum absolute atomic E-state index is 11.9. The Balaban J connectivity index is 1.80. The van der Waals surface area contributed by atoms with Gasteiger partial charge in [-0.25, -0.2) is 0 Å². The Morgan fingerprint density at radius 2 is 2.00 bits per heavy atom. The lowest BCUT2D eigenvalue weighted by Gasteiger charge is -2.27. The third-order valence-corrected chi connectivity index (χ3v) is 5.40. The Morgan fingerprint density at radius 1 is 1.24 bits per heavy atom. The Kier molecular flexibility index (Phi) is 5.81. The van der Waals surface area contributed by atoms with Crippen LogP contribution in [0.3, 0.4) is 0 Å². The zero-order valence-corrected chi connectivity index (χ0v) is 14.9. The predicted molar refractivity (Wildman–Crippen MR) is 93.4 cm³/mol. The van der Waals surface area contributed by atoms with Crippen LogP contribution >= 0.6 is 0 Å². The Labute approximate surface area is 148 Å². The molecule has 138 valence electrons. The fraction of sp³-hybridized carbons (Fsp3) is 0.632. The quantitative estimate of drug-likeness (QED) is 0.849. The van der Waals surface area contributed by atoms with Gasteiger partial charge in [0.25, 0.3) is 0 Å². The maximum atomic E-state index is 11.9. The molecule has 25 heavy (non-hydrogen) atoms. The van der Waals surface area contributed by atoms with Gasteiger partial charge < -0.3 is 24.2 Å². The number of ether oxygens (including phenoxy) is 3. The number of para-hydroxylation sites is 1. The standard InChI is InChI=1S/C19H27NO5/c1-23-17-5-3-4-14(18(17)24-2)15-11-20(12-16(15)19(21)22)10-13-6-8-25-9-7-13/h3-5,13,15-16H,6-12H2,1-2H3,(H,21,22)/t15-,16+/m0/s1.